The molecule has 0 fully saturated rings. The molecule has 4 nitrogen and oxygen atoms in total. The summed E-state index contributed by atoms with van der Waals surface area (Å²) in [6.07, 6.45) is 0. The second-order valence-electron chi connectivity index (χ2n) is 5.02. The summed E-state index contributed by atoms with van der Waals surface area (Å²) < 4.78 is 33.3. The molecule has 22 heavy (non-hydrogen) atoms. The van der Waals surface area contributed by atoms with E-state index < -0.39 is 10.0 Å². The predicted molar refractivity (Wildman–Crippen MR) is 95.8 cm³/mol. The van der Waals surface area contributed by atoms with E-state index in [4.69, 9.17) is 4.74 Å². The molecule has 0 spiro atoms. The van der Waals surface area contributed by atoms with E-state index in [9.17, 15) is 8.42 Å². The van der Waals surface area contributed by atoms with Gasteiger partial charge in [0.25, 0.3) is 0 Å². The Hall–Kier alpha value is -1.12. The molecule has 0 aliphatic carbocycles. The van der Waals surface area contributed by atoms with Gasteiger partial charge in [-0.05, 0) is 84.0 Å². The Morgan fingerprint density at radius 1 is 1.05 bits per heavy atom. The van der Waals surface area contributed by atoms with Gasteiger partial charge in [-0.1, -0.05) is 6.07 Å². The number of ether oxygens (including phenoxy) is 1. The number of nitrogens with one attached hydrogen (secondary N) is 1. The number of sulfonamides is 1. The first-order chi connectivity index (χ1) is 10.4. The number of benzene rings is 2. The van der Waals surface area contributed by atoms with Gasteiger partial charge in [-0.3, -0.25) is 0 Å². The molecule has 0 amide bonds. The van der Waals surface area contributed by atoms with Crippen LogP contribution < -0.4 is 9.46 Å². The number of hydrogen-bond acceptors (Lipinski definition) is 3. The quantitative estimate of drug-likeness (QED) is 0.565. The standard InChI is InChI=1S/C16H18INO3S/c1-12-9-13(2)11-15(10-12)21-8-7-18-22(19,20)16-5-3-14(17)4-6-16/h3-6,9-11,18H,7-8H2,1-2H3. The van der Waals surface area contributed by atoms with Crippen LogP contribution in [0.3, 0.4) is 0 Å². The Labute approximate surface area is 145 Å². The maximum atomic E-state index is 12.1. The van der Waals surface area contributed by atoms with Gasteiger partial charge < -0.3 is 4.74 Å². The van der Waals surface area contributed by atoms with Gasteiger partial charge >= 0.3 is 0 Å². The van der Waals surface area contributed by atoms with Crippen molar-refractivity contribution in [2.45, 2.75) is 18.7 Å². The zero-order valence-electron chi connectivity index (χ0n) is 12.5. The fourth-order valence-electron chi connectivity index (χ4n) is 2.06. The lowest BCUT2D eigenvalue weighted by molar-refractivity contribution is 0.322. The molecule has 0 aromatic heterocycles. The Balaban J connectivity index is 1.89. The van der Waals surface area contributed by atoms with Gasteiger partial charge in [0.05, 0.1) is 4.90 Å². The van der Waals surface area contributed by atoms with Crippen LogP contribution in [0.2, 0.25) is 0 Å². The van der Waals surface area contributed by atoms with E-state index in [0.717, 1.165) is 20.4 Å². The highest BCUT2D eigenvalue weighted by Crippen LogP contribution is 2.16. The van der Waals surface area contributed by atoms with Crippen molar-refractivity contribution >= 4 is 32.6 Å². The highest BCUT2D eigenvalue weighted by molar-refractivity contribution is 14.1. The van der Waals surface area contributed by atoms with Gasteiger partial charge in [-0.2, -0.15) is 0 Å². The summed E-state index contributed by atoms with van der Waals surface area (Å²) in [6.45, 7) is 4.51. The predicted octanol–water partition coefficient (Wildman–Crippen LogP) is 3.27. The Morgan fingerprint density at radius 2 is 1.64 bits per heavy atom. The summed E-state index contributed by atoms with van der Waals surface area (Å²) in [5.74, 6) is 0.756. The molecule has 1 N–H and O–H groups in total. The highest BCUT2D eigenvalue weighted by Gasteiger charge is 2.12. The lowest BCUT2D eigenvalue weighted by Gasteiger charge is -2.10. The van der Waals surface area contributed by atoms with E-state index >= 15 is 0 Å². The van der Waals surface area contributed by atoms with Crippen molar-refractivity contribution in [2.75, 3.05) is 13.2 Å². The van der Waals surface area contributed by atoms with Crippen molar-refractivity contribution in [2.24, 2.45) is 0 Å². The molecule has 0 aliphatic rings. The van der Waals surface area contributed by atoms with Crippen LogP contribution in [0.25, 0.3) is 0 Å². The topological polar surface area (TPSA) is 55.4 Å². The second kappa shape index (κ2) is 7.43. The lowest BCUT2D eigenvalue weighted by Crippen LogP contribution is -2.28. The van der Waals surface area contributed by atoms with Gasteiger partial charge in [0.15, 0.2) is 0 Å². The van der Waals surface area contributed by atoms with Crippen LogP contribution in [-0.4, -0.2) is 21.6 Å². The first-order valence-corrected chi connectivity index (χ1v) is 9.39. The Morgan fingerprint density at radius 3 is 2.23 bits per heavy atom. The van der Waals surface area contributed by atoms with Crippen LogP contribution in [0.4, 0.5) is 0 Å². The van der Waals surface area contributed by atoms with Crippen LogP contribution in [0.1, 0.15) is 11.1 Å². The Bertz CT molecular complexity index is 722. The average Bonchev–Trinajstić information content (AvgIpc) is 2.43. The summed E-state index contributed by atoms with van der Waals surface area (Å²) in [5.41, 5.74) is 2.24. The summed E-state index contributed by atoms with van der Waals surface area (Å²) >= 11 is 2.14. The van der Waals surface area contributed by atoms with E-state index in [2.05, 4.69) is 33.4 Å². The fourth-order valence-corrected chi connectivity index (χ4v) is 3.43. The smallest absolute Gasteiger partial charge is 0.240 e. The van der Waals surface area contributed by atoms with Crippen molar-refractivity contribution in [1.29, 1.82) is 0 Å². The average molecular weight is 431 g/mol. The highest BCUT2D eigenvalue weighted by atomic mass is 127. The molecular weight excluding hydrogens is 413 g/mol. The first kappa shape index (κ1) is 17.2. The molecule has 0 radical (unpaired) electrons. The minimum absolute atomic E-state index is 0.224. The van der Waals surface area contributed by atoms with Crippen LogP contribution in [-0.2, 0) is 10.0 Å². The van der Waals surface area contributed by atoms with Crippen LogP contribution in [0.15, 0.2) is 47.4 Å². The van der Waals surface area contributed by atoms with Crippen molar-refractivity contribution in [3.8, 4) is 5.75 Å². The molecular formula is C16H18INO3S. The van der Waals surface area contributed by atoms with Gasteiger partial charge in [-0.25, -0.2) is 13.1 Å². The van der Waals surface area contributed by atoms with Gasteiger partial charge in [0.2, 0.25) is 10.0 Å². The lowest BCUT2D eigenvalue weighted by atomic mass is 10.1. The number of rotatable bonds is 6. The normalized spacial score (nSPS) is 11.4. The van der Waals surface area contributed by atoms with Crippen LogP contribution in [0, 0.1) is 17.4 Å². The number of aryl methyl sites for hydroxylation is 2. The van der Waals surface area contributed by atoms with E-state index in [-0.39, 0.29) is 18.0 Å². The summed E-state index contributed by atoms with van der Waals surface area (Å²) in [4.78, 5) is 0.263. The third kappa shape index (κ3) is 4.96. The molecule has 0 heterocycles. The van der Waals surface area contributed by atoms with E-state index in [1.54, 1.807) is 24.3 Å². The number of hydrogen-bond donors (Lipinski definition) is 1. The van der Waals surface area contributed by atoms with Crippen molar-refractivity contribution in [3.05, 3.63) is 57.2 Å². The maximum absolute atomic E-state index is 12.1. The molecule has 0 unspecified atom stereocenters. The summed E-state index contributed by atoms with van der Waals surface area (Å²) in [5, 5.41) is 0. The third-order valence-electron chi connectivity index (χ3n) is 2.98. The van der Waals surface area contributed by atoms with Crippen LogP contribution >= 0.6 is 22.6 Å². The minimum atomic E-state index is -3.48. The molecule has 0 saturated carbocycles. The Kier molecular flexibility index (Phi) is 5.82. The molecule has 2 aromatic carbocycles. The zero-order chi connectivity index (χ0) is 16.2. The van der Waals surface area contributed by atoms with Crippen molar-refractivity contribution < 1.29 is 13.2 Å². The maximum Gasteiger partial charge on any atom is 0.240 e. The fraction of sp³-hybridized carbons (Fsp3) is 0.250. The first-order valence-electron chi connectivity index (χ1n) is 6.83. The third-order valence-corrected chi connectivity index (χ3v) is 5.18. The SMILES string of the molecule is Cc1cc(C)cc(OCCNS(=O)(=O)c2ccc(I)cc2)c1. The monoisotopic (exact) mass is 431 g/mol. The van der Waals surface area contributed by atoms with Gasteiger partial charge in [-0.15, -0.1) is 0 Å². The summed E-state index contributed by atoms with van der Waals surface area (Å²) in [6, 6.07) is 12.6. The molecule has 0 saturated heterocycles. The van der Waals surface area contributed by atoms with E-state index in [1.165, 1.54) is 0 Å². The zero-order valence-corrected chi connectivity index (χ0v) is 15.4. The molecule has 0 bridgehead atoms. The summed E-state index contributed by atoms with van der Waals surface area (Å²) in [7, 11) is -3.48. The second-order valence-corrected chi connectivity index (χ2v) is 8.04. The van der Waals surface area contributed by atoms with Crippen molar-refractivity contribution in [3.63, 3.8) is 0 Å². The van der Waals surface area contributed by atoms with Crippen LogP contribution in [0.5, 0.6) is 5.75 Å². The molecule has 2 aromatic rings. The molecule has 2 rings (SSSR count). The molecule has 6 heteroatoms. The molecule has 118 valence electrons. The van der Waals surface area contributed by atoms with Crippen molar-refractivity contribution in [1.82, 2.24) is 4.72 Å². The van der Waals surface area contributed by atoms with E-state index in [1.807, 2.05) is 26.0 Å². The molecule has 0 atom stereocenters. The largest absolute Gasteiger partial charge is 0.492 e. The van der Waals surface area contributed by atoms with E-state index in [0.29, 0.717) is 0 Å². The number of halogens is 1. The van der Waals surface area contributed by atoms with Gasteiger partial charge in [0, 0.05) is 10.1 Å². The minimum Gasteiger partial charge on any atom is -0.492 e. The molecule has 0 aliphatic heterocycles. The van der Waals surface area contributed by atoms with Gasteiger partial charge in [0.1, 0.15) is 12.4 Å².